The second-order valence-corrected chi connectivity index (χ2v) is 5.46. The third-order valence-electron chi connectivity index (χ3n) is 4.05. The summed E-state index contributed by atoms with van der Waals surface area (Å²) in [5.74, 6) is 1.75. The molecule has 1 saturated heterocycles. The number of hydrogen-bond donors (Lipinski definition) is 1. The van der Waals surface area contributed by atoms with Gasteiger partial charge in [0, 0.05) is 24.6 Å². The maximum atomic E-state index is 5.48. The van der Waals surface area contributed by atoms with Gasteiger partial charge in [0.2, 0.25) is 5.89 Å². The summed E-state index contributed by atoms with van der Waals surface area (Å²) in [4.78, 5) is 4.58. The van der Waals surface area contributed by atoms with Crippen molar-refractivity contribution in [2.75, 3.05) is 18.5 Å². The van der Waals surface area contributed by atoms with Crippen LogP contribution in [0.2, 0.25) is 0 Å². The molecule has 2 aromatic rings. The Hall–Kier alpha value is -1.88. The molecular formula is C15H17N3O2. The van der Waals surface area contributed by atoms with Crippen LogP contribution >= 0.6 is 0 Å². The number of rotatable bonds is 2. The standard InChI is InChI=1S/C15H17N3O2/c1-2-6-12-10(4-1)8-13(16-12)15-17-14(18-20-15)11-5-3-7-19-9-11/h1-2,4,6,11,13,16H,3,5,7-9H2/t11?,13-/m0/s1. The Morgan fingerprint density at radius 2 is 2.20 bits per heavy atom. The number of nitrogens with zero attached hydrogens (tertiary/aromatic N) is 2. The molecular weight excluding hydrogens is 254 g/mol. The molecule has 1 unspecified atom stereocenters. The van der Waals surface area contributed by atoms with E-state index in [2.05, 4.69) is 33.7 Å². The van der Waals surface area contributed by atoms with Crippen molar-refractivity contribution in [3.8, 4) is 0 Å². The summed E-state index contributed by atoms with van der Waals surface area (Å²) in [6.07, 6.45) is 3.05. The minimum absolute atomic E-state index is 0.0955. The quantitative estimate of drug-likeness (QED) is 0.910. The normalized spacial score (nSPS) is 25.2. The van der Waals surface area contributed by atoms with Crippen molar-refractivity contribution in [3.05, 3.63) is 41.5 Å². The molecule has 5 nitrogen and oxygen atoms in total. The van der Waals surface area contributed by atoms with Crippen LogP contribution in [-0.4, -0.2) is 23.4 Å². The summed E-state index contributed by atoms with van der Waals surface area (Å²) >= 11 is 0. The minimum atomic E-state index is 0.0955. The van der Waals surface area contributed by atoms with Crippen molar-refractivity contribution in [1.82, 2.24) is 10.1 Å². The molecule has 1 aromatic heterocycles. The van der Waals surface area contributed by atoms with Gasteiger partial charge in [0.1, 0.15) is 6.04 Å². The van der Waals surface area contributed by atoms with E-state index in [0.29, 0.717) is 12.5 Å². The molecule has 104 valence electrons. The van der Waals surface area contributed by atoms with Gasteiger partial charge in [0.05, 0.1) is 6.61 Å². The fourth-order valence-electron chi connectivity index (χ4n) is 2.95. The van der Waals surface area contributed by atoms with Gasteiger partial charge < -0.3 is 14.6 Å². The second kappa shape index (κ2) is 4.90. The lowest BCUT2D eigenvalue weighted by molar-refractivity contribution is 0.0773. The molecule has 1 aromatic carbocycles. The zero-order valence-corrected chi connectivity index (χ0v) is 11.2. The van der Waals surface area contributed by atoms with Crippen molar-refractivity contribution in [2.45, 2.75) is 31.2 Å². The Morgan fingerprint density at radius 3 is 3.05 bits per heavy atom. The number of ether oxygens (including phenoxy) is 1. The van der Waals surface area contributed by atoms with Crippen molar-refractivity contribution < 1.29 is 9.26 Å². The number of para-hydroxylation sites is 1. The van der Waals surface area contributed by atoms with Gasteiger partial charge in [-0.15, -0.1) is 0 Å². The Kier molecular flexibility index (Phi) is 2.92. The first-order chi connectivity index (χ1) is 9.90. The predicted molar refractivity (Wildman–Crippen MR) is 73.6 cm³/mol. The largest absolute Gasteiger partial charge is 0.381 e. The van der Waals surface area contributed by atoms with Gasteiger partial charge in [0.15, 0.2) is 5.82 Å². The van der Waals surface area contributed by atoms with Gasteiger partial charge in [0.25, 0.3) is 0 Å². The van der Waals surface area contributed by atoms with Crippen LogP contribution in [0.3, 0.4) is 0 Å². The van der Waals surface area contributed by atoms with Crippen LogP contribution in [0.25, 0.3) is 0 Å². The molecule has 0 saturated carbocycles. The molecule has 20 heavy (non-hydrogen) atoms. The summed E-state index contributed by atoms with van der Waals surface area (Å²) in [5, 5.41) is 7.58. The zero-order chi connectivity index (χ0) is 13.4. The molecule has 0 radical (unpaired) electrons. The van der Waals surface area contributed by atoms with Gasteiger partial charge in [-0.1, -0.05) is 23.4 Å². The van der Waals surface area contributed by atoms with Crippen LogP contribution in [0.5, 0.6) is 0 Å². The van der Waals surface area contributed by atoms with Gasteiger partial charge in [-0.2, -0.15) is 4.98 Å². The first-order valence-electron chi connectivity index (χ1n) is 7.16. The van der Waals surface area contributed by atoms with Crippen LogP contribution in [-0.2, 0) is 11.2 Å². The number of nitrogens with one attached hydrogen (secondary N) is 1. The number of benzene rings is 1. The van der Waals surface area contributed by atoms with Gasteiger partial charge >= 0.3 is 0 Å². The van der Waals surface area contributed by atoms with E-state index in [9.17, 15) is 0 Å². The van der Waals surface area contributed by atoms with Crippen molar-refractivity contribution in [3.63, 3.8) is 0 Å². The topological polar surface area (TPSA) is 60.2 Å². The van der Waals surface area contributed by atoms with E-state index in [1.165, 1.54) is 11.3 Å². The molecule has 0 aliphatic carbocycles. The van der Waals surface area contributed by atoms with Gasteiger partial charge in [-0.05, 0) is 24.5 Å². The molecule has 1 fully saturated rings. The predicted octanol–water partition coefficient (Wildman–Crippen LogP) is 2.67. The molecule has 4 rings (SSSR count). The number of fused-ring (bicyclic) bond motifs is 1. The lowest BCUT2D eigenvalue weighted by Crippen LogP contribution is -2.16. The summed E-state index contributed by atoms with van der Waals surface area (Å²) in [6, 6.07) is 8.41. The highest BCUT2D eigenvalue weighted by Crippen LogP contribution is 2.34. The molecule has 2 aliphatic rings. The van der Waals surface area contributed by atoms with Gasteiger partial charge in [-0.3, -0.25) is 0 Å². The molecule has 5 heteroatoms. The number of hydrogen-bond acceptors (Lipinski definition) is 5. The first kappa shape index (κ1) is 11.9. The van der Waals surface area contributed by atoms with E-state index in [1.54, 1.807) is 0 Å². The van der Waals surface area contributed by atoms with Crippen molar-refractivity contribution in [1.29, 1.82) is 0 Å². The fraction of sp³-hybridized carbons (Fsp3) is 0.467. The second-order valence-electron chi connectivity index (χ2n) is 5.46. The van der Waals surface area contributed by atoms with Crippen LogP contribution in [0, 0.1) is 0 Å². The van der Waals surface area contributed by atoms with E-state index in [0.717, 1.165) is 31.7 Å². The highest BCUT2D eigenvalue weighted by molar-refractivity contribution is 5.56. The number of anilines is 1. The van der Waals surface area contributed by atoms with E-state index in [-0.39, 0.29) is 12.0 Å². The summed E-state index contributed by atoms with van der Waals surface area (Å²) in [5.41, 5.74) is 2.47. The Balaban J connectivity index is 1.52. The fourth-order valence-corrected chi connectivity index (χ4v) is 2.95. The van der Waals surface area contributed by atoms with Crippen LogP contribution in [0.1, 0.15) is 42.1 Å². The summed E-state index contributed by atoms with van der Waals surface area (Å²) in [6.45, 7) is 1.55. The highest BCUT2D eigenvalue weighted by Gasteiger charge is 2.28. The van der Waals surface area contributed by atoms with E-state index >= 15 is 0 Å². The Bertz CT molecular complexity index is 580. The smallest absolute Gasteiger partial charge is 0.249 e. The summed E-state index contributed by atoms with van der Waals surface area (Å²) < 4.78 is 10.9. The number of aromatic nitrogens is 2. The Labute approximate surface area is 117 Å². The van der Waals surface area contributed by atoms with E-state index in [4.69, 9.17) is 9.26 Å². The average Bonchev–Trinajstić information content (AvgIpc) is 3.14. The van der Waals surface area contributed by atoms with Crippen LogP contribution in [0.15, 0.2) is 28.8 Å². The third-order valence-corrected chi connectivity index (χ3v) is 4.05. The lowest BCUT2D eigenvalue weighted by Gasteiger charge is -2.18. The lowest BCUT2D eigenvalue weighted by atomic mass is 10.0. The van der Waals surface area contributed by atoms with E-state index in [1.807, 2.05) is 6.07 Å². The van der Waals surface area contributed by atoms with Crippen molar-refractivity contribution in [2.24, 2.45) is 0 Å². The molecule has 2 aliphatic heterocycles. The molecule has 3 heterocycles. The molecule has 1 N–H and O–H groups in total. The molecule has 0 spiro atoms. The summed E-state index contributed by atoms with van der Waals surface area (Å²) in [7, 11) is 0. The highest BCUT2D eigenvalue weighted by atomic mass is 16.5. The van der Waals surface area contributed by atoms with Crippen LogP contribution in [0.4, 0.5) is 5.69 Å². The maximum Gasteiger partial charge on any atom is 0.249 e. The van der Waals surface area contributed by atoms with Gasteiger partial charge in [-0.25, -0.2) is 0 Å². The third kappa shape index (κ3) is 2.08. The SMILES string of the molecule is c1ccc2c(c1)C[C@@H](c1nc(C3CCCOC3)no1)N2. The first-order valence-corrected chi connectivity index (χ1v) is 7.16. The maximum absolute atomic E-state index is 5.48. The minimum Gasteiger partial charge on any atom is -0.381 e. The molecule has 0 amide bonds. The molecule has 2 atom stereocenters. The Morgan fingerprint density at radius 1 is 1.25 bits per heavy atom. The zero-order valence-electron chi connectivity index (χ0n) is 11.2. The van der Waals surface area contributed by atoms with E-state index < -0.39 is 0 Å². The molecule has 0 bridgehead atoms. The average molecular weight is 271 g/mol. The monoisotopic (exact) mass is 271 g/mol. The van der Waals surface area contributed by atoms with Crippen LogP contribution < -0.4 is 5.32 Å². The van der Waals surface area contributed by atoms with Crippen molar-refractivity contribution >= 4 is 5.69 Å².